The summed E-state index contributed by atoms with van der Waals surface area (Å²) in [7, 11) is 3.52. The SMILES string of the molecule is CN=C(NCCCOC)NCCc1c(C)cc(C)cc1C. The van der Waals surface area contributed by atoms with Crippen molar-refractivity contribution in [1.82, 2.24) is 10.6 Å². The summed E-state index contributed by atoms with van der Waals surface area (Å²) in [5.41, 5.74) is 5.51. The number of rotatable bonds is 7. The molecule has 0 aliphatic rings. The number of hydrogen-bond donors (Lipinski definition) is 2. The van der Waals surface area contributed by atoms with Crippen LogP contribution in [0.5, 0.6) is 0 Å². The van der Waals surface area contributed by atoms with Gasteiger partial charge in [0.2, 0.25) is 0 Å². The molecule has 2 N–H and O–H groups in total. The van der Waals surface area contributed by atoms with Crippen molar-refractivity contribution >= 4 is 5.96 Å². The molecule has 0 fully saturated rings. The Morgan fingerprint density at radius 3 is 2.29 bits per heavy atom. The summed E-state index contributed by atoms with van der Waals surface area (Å²) in [6.45, 7) is 9.05. The predicted molar refractivity (Wildman–Crippen MR) is 90.2 cm³/mol. The van der Waals surface area contributed by atoms with Crippen molar-refractivity contribution in [1.29, 1.82) is 0 Å². The molecule has 0 saturated heterocycles. The van der Waals surface area contributed by atoms with Gasteiger partial charge >= 0.3 is 0 Å². The number of hydrogen-bond acceptors (Lipinski definition) is 2. The molecule has 118 valence electrons. The van der Waals surface area contributed by atoms with Crippen LogP contribution in [0.3, 0.4) is 0 Å². The van der Waals surface area contributed by atoms with E-state index in [9.17, 15) is 0 Å². The first-order valence-corrected chi connectivity index (χ1v) is 7.58. The van der Waals surface area contributed by atoms with Crippen LogP contribution < -0.4 is 10.6 Å². The van der Waals surface area contributed by atoms with Crippen molar-refractivity contribution < 1.29 is 4.74 Å². The van der Waals surface area contributed by atoms with Crippen LogP contribution in [-0.2, 0) is 11.2 Å². The van der Waals surface area contributed by atoms with E-state index in [0.29, 0.717) is 0 Å². The van der Waals surface area contributed by atoms with Crippen LogP contribution in [0, 0.1) is 20.8 Å². The molecular formula is C17H29N3O. The molecule has 0 aromatic heterocycles. The Bertz CT molecular complexity index is 446. The summed E-state index contributed by atoms with van der Waals surface area (Å²) >= 11 is 0. The number of nitrogens with one attached hydrogen (secondary N) is 2. The summed E-state index contributed by atoms with van der Waals surface area (Å²) in [6.07, 6.45) is 1.99. The maximum absolute atomic E-state index is 5.03. The zero-order chi connectivity index (χ0) is 15.7. The Morgan fingerprint density at radius 2 is 1.71 bits per heavy atom. The van der Waals surface area contributed by atoms with Crippen LogP contribution in [0.15, 0.2) is 17.1 Å². The fraction of sp³-hybridized carbons (Fsp3) is 0.588. The van der Waals surface area contributed by atoms with E-state index in [2.05, 4.69) is 48.5 Å². The summed E-state index contributed by atoms with van der Waals surface area (Å²) in [5, 5.41) is 6.65. The van der Waals surface area contributed by atoms with Crippen molar-refractivity contribution in [2.75, 3.05) is 33.9 Å². The van der Waals surface area contributed by atoms with E-state index in [1.54, 1.807) is 14.2 Å². The monoisotopic (exact) mass is 291 g/mol. The van der Waals surface area contributed by atoms with Crippen LogP contribution in [0.1, 0.15) is 28.7 Å². The molecule has 1 aromatic carbocycles. The second-order valence-corrected chi connectivity index (χ2v) is 5.40. The van der Waals surface area contributed by atoms with Gasteiger partial charge in [0, 0.05) is 33.9 Å². The van der Waals surface area contributed by atoms with E-state index in [1.165, 1.54) is 22.3 Å². The summed E-state index contributed by atoms with van der Waals surface area (Å²) in [6, 6.07) is 4.50. The van der Waals surface area contributed by atoms with Crippen LogP contribution in [-0.4, -0.2) is 39.8 Å². The van der Waals surface area contributed by atoms with Crippen molar-refractivity contribution in [3.05, 3.63) is 34.4 Å². The topological polar surface area (TPSA) is 45.7 Å². The Kier molecular flexibility index (Phi) is 7.83. The fourth-order valence-electron chi connectivity index (χ4n) is 2.55. The lowest BCUT2D eigenvalue weighted by Gasteiger charge is -2.14. The second kappa shape index (κ2) is 9.40. The fourth-order valence-corrected chi connectivity index (χ4v) is 2.55. The highest BCUT2D eigenvalue weighted by atomic mass is 16.5. The third-order valence-corrected chi connectivity index (χ3v) is 3.55. The zero-order valence-corrected chi connectivity index (χ0v) is 14.0. The molecule has 1 rings (SSSR count). The minimum absolute atomic E-state index is 0.770. The summed E-state index contributed by atoms with van der Waals surface area (Å²) in [5.74, 6) is 0.855. The number of methoxy groups -OCH3 is 1. The highest BCUT2D eigenvalue weighted by molar-refractivity contribution is 5.79. The predicted octanol–water partition coefficient (Wildman–Crippen LogP) is 2.36. The molecule has 0 saturated carbocycles. The Labute approximate surface area is 129 Å². The quantitative estimate of drug-likeness (QED) is 0.460. The Morgan fingerprint density at radius 1 is 1.10 bits per heavy atom. The number of guanidine groups is 1. The molecule has 0 aliphatic heterocycles. The van der Waals surface area contributed by atoms with E-state index >= 15 is 0 Å². The highest BCUT2D eigenvalue weighted by Crippen LogP contribution is 2.16. The molecule has 1 aromatic rings. The molecule has 0 heterocycles. The molecule has 0 amide bonds. The molecule has 0 unspecified atom stereocenters. The maximum atomic E-state index is 5.03. The van der Waals surface area contributed by atoms with Crippen molar-refractivity contribution in [2.45, 2.75) is 33.6 Å². The van der Waals surface area contributed by atoms with Crippen molar-refractivity contribution in [3.63, 3.8) is 0 Å². The molecule has 0 aliphatic carbocycles. The summed E-state index contributed by atoms with van der Waals surface area (Å²) in [4.78, 5) is 4.23. The third-order valence-electron chi connectivity index (χ3n) is 3.55. The maximum Gasteiger partial charge on any atom is 0.190 e. The van der Waals surface area contributed by atoms with Crippen LogP contribution in [0.25, 0.3) is 0 Å². The first-order chi connectivity index (χ1) is 10.1. The van der Waals surface area contributed by atoms with Crippen LogP contribution in [0.2, 0.25) is 0 Å². The van der Waals surface area contributed by atoms with Gasteiger partial charge in [0.1, 0.15) is 0 Å². The highest BCUT2D eigenvalue weighted by Gasteiger charge is 2.04. The largest absolute Gasteiger partial charge is 0.385 e. The van der Waals surface area contributed by atoms with Gasteiger partial charge in [-0.05, 0) is 50.3 Å². The van der Waals surface area contributed by atoms with Gasteiger partial charge in [0.25, 0.3) is 0 Å². The van der Waals surface area contributed by atoms with Gasteiger partial charge in [-0.1, -0.05) is 17.7 Å². The lowest BCUT2D eigenvalue weighted by Crippen LogP contribution is -2.39. The lowest BCUT2D eigenvalue weighted by molar-refractivity contribution is 0.195. The minimum Gasteiger partial charge on any atom is -0.385 e. The van der Waals surface area contributed by atoms with Gasteiger partial charge in [0.05, 0.1) is 0 Å². The van der Waals surface area contributed by atoms with E-state index in [-0.39, 0.29) is 0 Å². The van der Waals surface area contributed by atoms with Gasteiger partial charge in [-0.3, -0.25) is 4.99 Å². The lowest BCUT2D eigenvalue weighted by atomic mass is 9.97. The van der Waals surface area contributed by atoms with Crippen molar-refractivity contribution in [2.24, 2.45) is 4.99 Å². The average molecular weight is 291 g/mol. The van der Waals surface area contributed by atoms with Crippen LogP contribution >= 0.6 is 0 Å². The van der Waals surface area contributed by atoms with E-state index in [0.717, 1.165) is 38.5 Å². The Hall–Kier alpha value is -1.55. The molecular weight excluding hydrogens is 262 g/mol. The van der Waals surface area contributed by atoms with E-state index in [1.807, 2.05) is 0 Å². The number of nitrogens with zero attached hydrogens (tertiary/aromatic N) is 1. The molecule has 0 bridgehead atoms. The van der Waals surface area contributed by atoms with Crippen LogP contribution in [0.4, 0.5) is 0 Å². The van der Waals surface area contributed by atoms with Gasteiger partial charge < -0.3 is 15.4 Å². The molecule has 0 spiro atoms. The van der Waals surface area contributed by atoms with Gasteiger partial charge in [-0.25, -0.2) is 0 Å². The van der Waals surface area contributed by atoms with Gasteiger partial charge in [-0.15, -0.1) is 0 Å². The molecule has 0 atom stereocenters. The average Bonchev–Trinajstić information content (AvgIpc) is 2.43. The molecule has 4 heteroatoms. The number of ether oxygens (including phenoxy) is 1. The molecule has 4 nitrogen and oxygen atoms in total. The third kappa shape index (κ3) is 6.17. The smallest absolute Gasteiger partial charge is 0.190 e. The first-order valence-electron chi connectivity index (χ1n) is 7.58. The number of aliphatic imine (C=N–C) groups is 1. The summed E-state index contributed by atoms with van der Waals surface area (Å²) < 4.78 is 5.03. The van der Waals surface area contributed by atoms with Gasteiger partial charge in [0.15, 0.2) is 5.96 Å². The molecule has 21 heavy (non-hydrogen) atoms. The first kappa shape index (κ1) is 17.5. The minimum atomic E-state index is 0.770. The molecule has 0 radical (unpaired) electrons. The second-order valence-electron chi connectivity index (χ2n) is 5.40. The van der Waals surface area contributed by atoms with Crippen molar-refractivity contribution in [3.8, 4) is 0 Å². The Balaban J connectivity index is 2.41. The van der Waals surface area contributed by atoms with E-state index < -0.39 is 0 Å². The number of aryl methyl sites for hydroxylation is 3. The zero-order valence-electron chi connectivity index (χ0n) is 14.0. The van der Waals surface area contributed by atoms with Gasteiger partial charge in [-0.2, -0.15) is 0 Å². The number of benzene rings is 1. The standard InChI is InChI=1S/C17H29N3O/c1-13-11-14(2)16(15(3)12-13)7-9-20-17(18-4)19-8-6-10-21-5/h11-12H,6-10H2,1-5H3,(H2,18,19,20). The van der Waals surface area contributed by atoms with E-state index in [4.69, 9.17) is 4.74 Å². The normalized spacial score (nSPS) is 11.6.